The molecule has 0 aliphatic rings. The average Bonchev–Trinajstić information content (AvgIpc) is 2.85. The van der Waals surface area contributed by atoms with E-state index in [2.05, 4.69) is 16.9 Å². The van der Waals surface area contributed by atoms with Crippen molar-refractivity contribution in [3.05, 3.63) is 34.0 Å². The Bertz CT molecular complexity index is 908. The highest BCUT2D eigenvalue weighted by Gasteiger charge is 2.18. The predicted octanol–water partition coefficient (Wildman–Crippen LogP) is 2.33. The van der Waals surface area contributed by atoms with Crippen LogP contribution in [0, 0.1) is 6.92 Å². The fraction of sp³-hybridized carbons (Fsp3) is 0.438. The third kappa shape index (κ3) is 1.98. The molecule has 6 heteroatoms. The van der Waals surface area contributed by atoms with Gasteiger partial charge in [0, 0.05) is 19.0 Å². The molecule has 0 aromatic carbocycles. The van der Waals surface area contributed by atoms with Gasteiger partial charge in [0.15, 0.2) is 5.65 Å². The highest BCUT2D eigenvalue weighted by atomic mass is 16.5. The Labute approximate surface area is 128 Å². The summed E-state index contributed by atoms with van der Waals surface area (Å²) < 4.78 is 8.88. The van der Waals surface area contributed by atoms with Crippen LogP contribution in [0.3, 0.4) is 0 Å². The van der Waals surface area contributed by atoms with Crippen molar-refractivity contribution in [3.63, 3.8) is 0 Å². The van der Waals surface area contributed by atoms with Crippen molar-refractivity contribution >= 4 is 16.7 Å². The quantitative estimate of drug-likeness (QED) is 0.742. The molecule has 0 atom stereocenters. The summed E-state index contributed by atoms with van der Waals surface area (Å²) in [7, 11) is 1.59. The normalized spacial score (nSPS) is 11.5. The fourth-order valence-electron chi connectivity index (χ4n) is 2.92. The first-order chi connectivity index (χ1) is 10.6. The van der Waals surface area contributed by atoms with Crippen molar-refractivity contribution in [2.75, 3.05) is 7.11 Å². The van der Waals surface area contributed by atoms with Gasteiger partial charge in [-0.3, -0.25) is 9.20 Å². The minimum atomic E-state index is -0.0191. The number of aryl methyl sites for hydroxylation is 3. The minimum Gasteiger partial charge on any atom is -0.481 e. The molecule has 6 nitrogen and oxygen atoms in total. The number of aromatic nitrogens is 4. The fourth-order valence-corrected chi connectivity index (χ4v) is 2.92. The SMILES string of the molecule is CCCc1nc(C)c2c(=O)n(CC)c3ccc(OC)nc3n12. The highest BCUT2D eigenvalue weighted by Crippen LogP contribution is 2.20. The molecule has 3 aromatic heterocycles. The van der Waals surface area contributed by atoms with Gasteiger partial charge in [0.05, 0.1) is 18.3 Å². The first-order valence-corrected chi connectivity index (χ1v) is 7.57. The maximum atomic E-state index is 12.8. The number of ether oxygens (including phenoxy) is 1. The molecule has 0 fully saturated rings. The zero-order valence-electron chi connectivity index (χ0n) is 13.4. The van der Waals surface area contributed by atoms with E-state index < -0.39 is 0 Å². The van der Waals surface area contributed by atoms with Gasteiger partial charge in [-0.15, -0.1) is 0 Å². The second-order valence-electron chi connectivity index (χ2n) is 5.29. The number of hydrogen-bond acceptors (Lipinski definition) is 4. The minimum absolute atomic E-state index is 0.0191. The number of pyridine rings is 1. The van der Waals surface area contributed by atoms with Crippen LogP contribution in [0.25, 0.3) is 16.7 Å². The van der Waals surface area contributed by atoms with Crippen LogP contribution in [0.15, 0.2) is 16.9 Å². The lowest BCUT2D eigenvalue weighted by Gasteiger charge is -2.12. The van der Waals surface area contributed by atoms with Gasteiger partial charge >= 0.3 is 0 Å². The molecule has 3 rings (SSSR count). The number of hydrogen-bond donors (Lipinski definition) is 0. The summed E-state index contributed by atoms with van der Waals surface area (Å²) in [5, 5.41) is 0. The van der Waals surface area contributed by atoms with Crippen LogP contribution in [0.5, 0.6) is 5.88 Å². The van der Waals surface area contributed by atoms with E-state index in [1.165, 1.54) is 0 Å². The van der Waals surface area contributed by atoms with E-state index in [0.29, 0.717) is 17.9 Å². The Morgan fingerprint density at radius 1 is 1.23 bits per heavy atom. The van der Waals surface area contributed by atoms with Crippen LogP contribution in [-0.2, 0) is 13.0 Å². The Kier molecular flexibility index (Phi) is 3.60. The van der Waals surface area contributed by atoms with Gasteiger partial charge in [0.2, 0.25) is 5.88 Å². The summed E-state index contributed by atoms with van der Waals surface area (Å²) in [6, 6.07) is 3.67. The topological polar surface area (TPSA) is 61.4 Å². The molecule has 3 heterocycles. The standard InChI is InChI=1S/C16H20N4O2/c1-5-7-12-17-10(3)14-16(21)19(6-2)11-8-9-13(22-4)18-15(11)20(12)14/h8-9H,5-7H2,1-4H3. The molecule has 0 radical (unpaired) electrons. The largest absolute Gasteiger partial charge is 0.481 e. The number of fused-ring (bicyclic) bond motifs is 3. The molecule has 116 valence electrons. The lowest BCUT2D eigenvalue weighted by Crippen LogP contribution is -2.23. The second kappa shape index (κ2) is 5.44. The van der Waals surface area contributed by atoms with Crippen molar-refractivity contribution in [1.82, 2.24) is 18.9 Å². The van der Waals surface area contributed by atoms with Gasteiger partial charge in [-0.2, -0.15) is 4.98 Å². The van der Waals surface area contributed by atoms with E-state index >= 15 is 0 Å². The van der Waals surface area contributed by atoms with Gasteiger partial charge < -0.3 is 9.30 Å². The van der Waals surface area contributed by atoms with Gasteiger partial charge in [-0.05, 0) is 26.3 Å². The third-order valence-corrected chi connectivity index (χ3v) is 3.90. The zero-order chi connectivity index (χ0) is 15.9. The second-order valence-corrected chi connectivity index (χ2v) is 5.29. The Morgan fingerprint density at radius 3 is 2.64 bits per heavy atom. The first-order valence-electron chi connectivity index (χ1n) is 7.57. The van der Waals surface area contributed by atoms with Crippen molar-refractivity contribution in [2.45, 2.75) is 40.2 Å². The van der Waals surface area contributed by atoms with Crippen LogP contribution in [0.2, 0.25) is 0 Å². The third-order valence-electron chi connectivity index (χ3n) is 3.90. The van der Waals surface area contributed by atoms with Gasteiger partial charge in [-0.25, -0.2) is 4.98 Å². The summed E-state index contributed by atoms with van der Waals surface area (Å²) in [5.74, 6) is 1.41. The van der Waals surface area contributed by atoms with Gasteiger partial charge in [0.1, 0.15) is 11.3 Å². The Balaban J connectivity index is 2.57. The van der Waals surface area contributed by atoms with E-state index in [9.17, 15) is 4.79 Å². The van der Waals surface area contributed by atoms with Crippen LogP contribution in [0.1, 0.15) is 31.8 Å². The number of rotatable bonds is 4. The molecule has 0 bridgehead atoms. The molecular weight excluding hydrogens is 280 g/mol. The van der Waals surface area contributed by atoms with Crippen molar-refractivity contribution < 1.29 is 4.74 Å². The maximum absolute atomic E-state index is 12.8. The molecule has 0 amide bonds. The van der Waals surface area contributed by atoms with Crippen LogP contribution < -0.4 is 10.3 Å². The molecule has 22 heavy (non-hydrogen) atoms. The van der Waals surface area contributed by atoms with Crippen LogP contribution >= 0.6 is 0 Å². The molecule has 0 aliphatic heterocycles. The lowest BCUT2D eigenvalue weighted by atomic mass is 10.3. The summed E-state index contributed by atoms with van der Waals surface area (Å²) in [6.45, 7) is 6.52. The number of imidazole rings is 1. The predicted molar refractivity (Wildman–Crippen MR) is 85.7 cm³/mol. The van der Waals surface area contributed by atoms with E-state index in [4.69, 9.17) is 4.74 Å². The van der Waals surface area contributed by atoms with E-state index in [0.717, 1.165) is 35.5 Å². The summed E-state index contributed by atoms with van der Waals surface area (Å²) in [5.41, 5.74) is 2.87. The average molecular weight is 300 g/mol. The molecule has 0 spiro atoms. The van der Waals surface area contributed by atoms with Crippen molar-refractivity contribution in [2.24, 2.45) is 0 Å². The highest BCUT2D eigenvalue weighted by molar-refractivity contribution is 5.77. The monoisotopic (exact) mass is 300 g/mol. The first kappa shape index (κ1) is 14.6. The lowest BCUT2D eigenvalue weighted by molar-refractivity contribution is 0.399. The van der Waals surface area contributed by atoms with E-state index in [1.54, 1.807) is 17.7 Å². The smallest absolute Gasteiger partial charge is 0.277 e. The summed E-state index contributed by atoms with van der Waals surface area (Å²) in [6.07, 6.45) is 1.76. The van der Waals surface area contributed by atoms with Crippen molar-refractivity contribution in [1.29, 1.82) is 0 Å². The molecular formula is C16H20N4O2. The Hall–Kier alpha value is -2.37. The molecule has 0 saturated heterocycles. The van der Waals surface area contributed by atoms with Crippen LogP contribution in [-0.4, -0.2) is 26.0 Å². The van der Waals surface area contributed by atoms with Crippen molar-refractivity contribution in [3.8, 4) is 5.88 Å². The van der Waals surface area contributed by atoms with Crippen LogP contribution in [0.4, 0.5) is 0 Å². The number of methoxy groups -OCH3 is 1. The van der Waals surface area contributed by atoms with E-state index in [1.807, 2.05) is 24.3 Å². The maximum Gasteiger partial charge on any atom is 0.277 e. The van der Waals surface area contributed by atoms with Gasteiger partial charge in [0.25, 0.3) is 5.56 Å². The Morgan fingerprint density at radius 2 is 2.00 bits per heavy atom. The molecule has 3 aromatic rings. The molecule has 0 N–H and O–H groups in total. The molecule has 0 saturated carbocycles. The van der Waals surface area contributed by atoms with Gasteiger partial charge in [-0.1, -0.05) is 6.92 Å². The summed E-state index contributed by atoms with van der Waals surface area (Å²) in [4.78, 5) is 22.0. The molecule has 0 aliphatic carbocycles. The summed E-state index contributed by atoms with van der Waals surface area (Å²) >= 11 is 0. The zero-order valence-corrected chi connectivity index (χ0v) is 13.4. The number of nitrogens with zero attached hydrogens (tertiary/aromatic N) is 4. The molecule has 0 unspecified atom stereocenters. The van der Waals surface area contributed by atoms with E-state index in [-0.39, 0.29) is 5.56 Å².